The van der Waals surface area contributed by atoms with Crippen LogP contribution in [0.15, 0.2) is 35.2 Å². The van der Waals surface area contributed by atoms with Crippen molar-refractivity contribution in [1.29, 1.82) is 0 Å². The SMILES string of the molecule is CCC.CCNC(CCN1CCOCC1)CSc1ccccc1. The number of ether oxygens (including phenoxy) is 1. The number of nitrogens with one attached hydrogen (secondary N) is 1. The van der Waals surface area contributed by atoms with Crippen LogP contribution >= 0.6 is 11.8 Å². The standard InChI is InChI=1S/C16H26N2OS.C3H8/c1-2-17-15(8-9-18-10-12-19-13-11-18)14-20-16-6-4-3-5-7-16;1-3-2/h3-7,15,17H,2,8-14H2,1H3;3H2,1-2H3. The number of nitrogens with zero attached hydrogens (tertiary/aromatic N) is 1. The first kappa shape index (κ1) is 20.5. The lowest BCUT2D eigenvalue weighted by Crippen LogP contribution is -2.40. The molecule has 0 aromatic heterocycles. The zero-order chi connectivity index (χ0) is 16.8. The molecular weight excluding hydrogens is 304 g/mol. The van der Waals surface area contributed by atoms with E-state index in [1.165, 1.54) is 24.3 Å². The molecule has 1 fully saturated rings. The highest BCUT2D eigenvalue weighted by atomic mass is 32.2. The topological polar surface area (TPSA) is 24.5 Å². The number of benzene rings is 1. The van der Waals surface area contributed by atoms with Gasteiger partial charge >= 0.3 is 0 Å². The summed E-state index contributed by atoms with van der Waals surface area (Å²) in [6.07, 6.45) is 2.47. The predicted octanol–water partition coefficient (Wildman–Crippen LogP) is 3.90. The fraction of sp³-hybridized carbons (Fsp3) is 0.684. The van der Waals surface area contributed by atoms with E-state index >= 15 is 0 Å². The highest BCUT2D eigenvalue weighted by Gasteiger charge is 2.13. The van der Waals surface area contributed by atoms with Crippen LogP contribution in [-0.2, 0) is 4.74 Å². The van der Waals surface area contributed by atoms with Gasteiger partial charge in [0.2, 0.25) is 0 Å². The Kier molecular flexibility index (Phi) is 12.3. The number of thioether (sulfide) groups is 1. The summed E-state index contributed by atoms with van der Waals surface area (Å²) >= 11 is 1.95. The van der Waals surface area contributed by atoms with Gasteiger partial charge in [0, 0.05) is 29.8 Å². The van der Waals surface area contributed by atoms with Crippen LogP contribution in [0.3, 0.4) is 0 Å². The maximum absolute atomic E-state index is 5.40. The van der Waals surface area contributed by atoms with Crippen molar-refractivity contribution in [2.24, 2.45) is 0 Å². The molecule has 23 heavy (non-hydrogen) atoms. The van der Waals surface area contributed by atoms with E-state index in [0.717, 1.165) is 38.6 Å². The van der Waals surface area contributed by atoms with E-state index in [9.17, 15) is 0 Å². The normalized spacial score (nSPS) is 16.5. The molecule has 132 valence electrons. The van der Waals surface area contributed by atoms with Gasteiger partial charge in [-0.05, 0) is 31.6 Å². The van der Waals surface area contributed by atoms with Gasteiger partial charge in [-0.3, -0.25) is 4.90 Å². The Bertz CT molecular complexity index is 369. The highest BCUT2D eigenvalue weighted by Crippen LogP contribution is 2.19. The average molecular weight is 339 g/mol. The molecule has 1 heterocycles. The largest absolute Gasteiger partial charge is 0.379 e. The zero-order valence-electron chi connectivity index (χ0n) is 15.1. The van der Waals surface area contributed by atoms with E-state index in [1.807, 2.05) is 11.8 Å². The third-order valence-corrected chi connectivity index (χ3v) is 4.76. The summed E-state index contributed by atoms with van der Waals surface area (Å²) in [5.74, 6) is 1.14. The molecule has 1 atom stereocenters. The summed E-state index contributed by atoms with van der Waals surface area (Å²) in [6, 6.07) is 11.3. The Labute approximate surface area is 147 Å². The second-order valence-corrected chi connectivity index (χ2v) is 6.92. The molecule has 0 amide bonds. The van der Waals surface area contributed by atoms with Crippen LogP contribution in [0.1, 0.15) is 33.6 Å². The minimum Gasteiger partial charge on any atom is -0.379 e. The Balaban J connectivity index is 0.000000816. The molecule has 1 aromatic carbocycles. The second kappa shape index (κ2) is 13.8. The molecule has 2 rings (SSSR count). The molecule has 3 nitrogen and oxygen atoms in total. The van der Waals surface area contributed by atoms with Gasteiger partial charge in [-0.1, -0.05) is 45.4 Å². The maximum Gasteiger partial charge on any atom is 0.0594 e. The number of rotatable bonds is 8. The van der Waals surface area contributed by atoms with Crippen LogP contribution in [0.5, 0.6) is 0 Å². The van der Waals surface area contributed by atoms with Crippen molar-refractivity contribution in [2.75, 3.05) is 45.1 Å². The van der Waals surface area contributed by atoms with Crippen LogP contribution in [0.2, 0.25) is 0 Å². The molecule has 1 aromatic rings. The van der Waals surface area contributed by atoms with Crippen LogP contribution in [0.4, 0.5) is 0 Å². The summed E-state index contributed by atoms with van der Waals surface area (Å²) in [6.45, 7) is 12.6. The molecule has 1 saturated heterocycles. The van der Waals surface area contributed by atoms with E-state index in [1.54, 1.807) is 0 Å². The quantitative estimate of drug-likeness (QED) is 0.727. The molecule has 1 aliphatic rings. The van der Waals surface area contributed by atoms with E-state index < -0.39 is 0 Å². The monoisotopic (exact) mass is 338 g/mol. The molecule has 0 saturated carbocycles. The second-order valence-electron chi connectivity index (χ2n) is 5.83. The van der Waals surface area contributed by atoms with Crippen LogP contribution in [0.25, 0.3) is 0 Å². The summed E-state index contributed by atoms with van der Waals surface area (Å²) in [5, 5.41) is 3.61. The fourth-order valence-electron chi connectivity index (χ4n) is 2.41. The summed E-state index contributed by atoms with van der Waals surface area (Å²) in [5.41, 5.74) is 0. The van der Waals surface area contributed by atoms with Crippen molar-refractivity contribution >= 4 is 11.8 Å². The third kappa shape index (κ3) is 10.0. The molecule has 1 N–H and O–H groups in total. The van der Waals surface area contributed by atoms with Gasteiger partial charge in [-0.15, -0.1) is 11.8 Å². The Morgan fingerprint density at radius 2 is 1.78 bits per heavy atom. The molecule has 0 spiro atoms. The van der Waals surface area contributed by atoms with Crippen molar-refractivity contribution in [3.63, 3.8) is 0 Å². The average Bonchev–Trinajstić information content (AvgIpc) is 2.60. The van der Waals surface area contributed by atoms with E-state index in [-0.39, 0.29) is 0 Å². The number of hydrogen-bond acceptors (Lipinski definition) is 4. The lowest BCUT2D eigenvalue weighted by molar-refractivity contribution is 0.0365. The van der Waals surface area contributed by atoms with Crippen molar-refractivity contribution < 1.29 is 4.74 Å². The first-order chi connectivity index (χ1) is 11.3. The van der Waals surface area contributed by atoms with Crippen molar-refractivity contribution in [1.82, 2.24) is 10.2 Å². The van der Waals surface area contributed by atoms with Crippen molar-refractivity contribution in [3.05, 3.63) is 30.3 Å². The van der Waals surface area contributed by atoms with Gasteiger partial charge in [-0.2, -0.15) is 0 Å². The van der Waals surface area contributed by atoms with Crippen LogP contribution in [0, 0.1) is 0 Å². The minimum absolute atomic E-state index is 0.591. The van der Waals surface area contributed by atoms with Crippen molar-refractivity contribution in [2.45, 2.75) is 44.6 Å². The molecular formula is C19H34N2OS. The molecule has 1 aliphatic heterocycles. The number of morpholine rings is 1. The lowest BCUT2D eigenvalue weighted by atomic mass is 10.2. The van der Waals surface area contributed by atoms with Gasteiger partial charge in [-0.25, -0.2) is 0 Å². The minimum atomic E-state index is 0.591. The maximum atomic E-state index is 5.40. The first-order valence-corrected chi connectivity index (χ1v) is 10.00. The zero-order valence-corrected chi connectivity index (χ0v) is 15.9. The van der Waals surface area contributed by atoms with Gasteiger partial charge in [0.1, 0.15) is 0 Å². The summed E-state index contributed by atoms with van der Waals surface area (Å²) in [4.78, 5) is 3.88. The van der Waals surface area contributed by atoms with E-state index in [2.05, 4.69) is 61.3 Å². The van der Waals surface area contributed by atoms with E-state index in [4.69, 9.17) is 4.74 Å². The lowest BCUT2D eigenvalue weighted by Gasteiger charge is -2.28. The summed E-state index contributed by atoms with van der Waals surface area (Å²) in [7, 11) is 0. The van der Waals surface area contributed by atoms with Gasteiger partial charge in [0.05, 0.1) is 13.2 Å². The molecule has 0 aliphatic carbocycles. The van der Waals surface area contributed by atoms with Gasteiger partial charge in [0.25, 0.3) is 0 Å². The highest BCUT2D eigenvalue weighted by molar-refractivity contribution is 7.99. The first-order valence-electron chi connectivity index (χ1n) is 9.01. The molecule has 0 bridgehead atoms. The predicted molar refractivity (Wildman–Crippen MR) is 102 cm³/mol. The Hall–Kier alpha value is -0.550. The van der Waals surface area contributed by atoms with Crippen LogP contribution < -0.4 is 5.32 Å². The third-order valence-electron chi connectivity index (χ3n) is 3.58. The van der Waals surface area contributed by atoms with Gasteiger partial charge in [0.15, 0.2) is 0 Å². The van der Waals surface area contributed by atoms with E-state index in [0.29, 0.717) is 6.04 Å². The Morgan fingerprint density at radius 3 is 2.39 bits per heavy atom. The summed E-state index contributed by atoms with van der Waals surface area (Å²) < 4.78 is 5.40. The number of hydrogen-bond donors (Lipinski definition) is 1. The molecule has 0 radical (unpaired) electrons. The molecule has 4 heteroatoms. The molecule has 1 unspecified atom stereocenters. The smallest absolute Gasteiger partial charge is 0.0594 e. The Morgan fingerprint density at radius 1 is 1.13 bits per heavy atom. The van der Waals surface area contributed by atoms with Crippen LogP contribution in [-0.4, -0.2) is 56.1 Å². The van der Waals surface area contributed by atoms with Crippen molar-refractivity contribution in [3.8, 4) is 0 Å². The fourth-order valence-corrected chi connectivity index (χ4v) is 3.44. The van der Waals surface area contributed by atoms with Gasteiger partial charge < -0.3 is 10.1 Å².